The molecule has 1 heterocycles. The molecule has 3 aliphatic carbocycles. The lowest BCUT2D eigenvalue weighted by Gasteiger charge is -2.33. The van der Waals surface area contributed by atoms with Gasteiger partial charge in [-0.1, -0.05) is 177 Å². The maximum atomic E-state index is 2.63. The van der Waals surface area contributed by atoms with Crippen molar-refractivity contribution in [3.05, 3.63) is 234 Å². The number of nitrogens with zero attached hydrogens (tertiary/aromatic N) is 1. The first-order chi connectivity index (χ1) is 31.2. The molecule has 1 atom stereocenters. The highest BCUT2D eigenvalue weighted by molar-refractivity contribution is 7.26. The molecule has 13 rings (SSSR count). The minimum absolute atomic E-state index is 0.431. The van der Waals surface area contributed by atoms with Gasteiger partial charge in [0.2, 0.25) is 0 Å². The van der Waals surface area contributed by atoms with Crippen LogP contribution in [0.4, 0.5) is 17.1 Å². The first kappa shape index (κ1) is 36.6. The monoisotopic (exact) mass is 823 g/mol. The van der Waals surface area contributed by atoms with Gasteiger partial charge in [0, 0.05) is 37.2 Å². The highest BCUT2D eigenvalue weighted by Crippen LogP contribution is 2.64. The van der Waals surface area contributed by atoms with Crippen LogP contribution in [0.1, 0.15) is 65.8 Å². The number of benzene rings is 9. The van der Waals surface area contributed by atoms with Gasteiger partial charge in [-0.3, -0.25) is 0 Å². The fourth-order valence-electron chi connectivity index (χ4n) is 11.7. The van der Waals surface area contributed by atoms with Gasteiger partial charge in [0.25, 0.3) is 0 Å². The molecule has 3 aliphatic rings. The van der Waals surface area contributed by atoms with Gasteiger partial charge in [0.15, 0.2) is 0 Å². The lowest BCUT2D eigenvalue weighted by molar-refractivity contribution is 0.443. The summed E-state index contributed by atoms with van der Waals surface area (Å²) in [6, 6.07) is 78.0. The summed E-state index contributed by atoms with van der Waals surface area (Å²) >= 11 is 1.88. The summed E-state index contributed by atoms with van der Waals surface area (Å²) < 4.78 is 2.61. The molecule has 1 unspecified atom stereocenters. The average molecular weight is 824 g/mol. The predicted octanol–water partition coefficient (Wildman–Crippen LogP) is 17.2. The lowest BCUT2D eigenvalue weighted by atomic mass is 9.69. The third-order valence-corrected chi connectivity index (χ3v) is 15.6. The summed E-state index contributed by atoms with van der Waals surface area (Å²) in [5.74, 6) is 0.618. The Bertz CT molecular complexity index is 3360. The van der Waals surface area contributed by atoms with E-state index >= 15 is 0 Å². The topological polar surface area (TPSA) is 3.24 Å². The zero-order valence-electron chi connectivity index (χ0n) is 35.1. The molecule has 9 aromatic carbocycles. The second kappa shape index (κ2) is 14.5. The molecule has 1 spiro atoms. The van der Waals surface area contributed by atoms with E-state index in [0.29, 0.717) is 5.92 Å². The van der Waals surface area contributed by atoms with Crippen LogP contribution in [-0.4, -0.2) is 0 Å². The number of fused-ring (bicyclic) bond motifs is 13. The average Bonchev–Trinajstić information content (AvgIpc) is 3.99. The summed E-state index contributed by atoms with van der Waals surface area (Å²) in [6.07, 6.45) is 6.57. The van der Waals surface area contributed by atoms with E-state index < -0.39 is 5.41 Å². The molecular weight excluding hydrogens is 779 g/mol. The van der Waals surface area contributed by atoms with Crippen molar-refractivity contribution in [2.24, 2.45) is 0 Å². The normalized spacial score (nSPS) is 16.3. The number of rotatable bonds is 6. The summed E-state index contributed by atoms with van der Waals surface area (Å²) in [5.41, 5.74) is 20.4. The van der Waals surface area contributed by atoms with Gasteiger partial charge >= 0.3 is 0 Å². The minimum atomic E-state index is -0.431. The van der Waals surface area contributed by atoms with Gasteiger partial charge in [-0.25, -0.2) is 0 Å². The fraction of sp³-hybridized carbons (Fsp3) is 0.115. The van der Waals surface area contributed by atoms with Crippen molar-refractivity contribution in [3.63, 3.8) is 0 Å². The molecule has 1 fully saturated rings. The second-order valence-corrected chi connectivity index (χ2v) is 18.9. The van der Waals surface area contributed by atoms with Crippen LogP contribution in [0.25, 0.3) is 64.7 Å². The molecular formula is C61H45NS. The summed E-state index contributed by atoms with van der Waals surface area (Å²) in [6.45, 7) is 0. The first-order valence-electron chi connectivity index (χ1n) is 22.7. The maximum absolute atomic E-state index is 2.63. The predicted molar refractivity (Wildman–Crippen MR) is 267 cm³/mol. The van der Waals surface area contributed by atoms with Crippen LogP contribution in [0.2, 0.25) is 0 Å². The van der Waals surface area contributed by atoms with E-state index in [2.05, 4.69) is 211 Å². The van der Waals surface area contributed by atoms with Gasteiger partial charge < -0.3 is 4.90 Å². The summed E-state index contributed by atoms with van der Waals surface area (Å²) in [4.78, 5) is 2.50. The Kier molecular flexibility index (Phi) is 8.46. The molecule has 10 aromatic rings. The smallest absolute Gasteiger partial charge is 0.0726 e. The third kappa shape index (κ3) is 5.61. The SMILES string of the molecule is c1ccc(-c2ccc(N(c3ccc4c(c3)C3(c5ccccc5-c5ccc(C6CCCCC6)cc53)c3ccccc3-4)c3ccc4sc5cccc(-c6ccccc6)c5c4c3)cc2)cc1. The Morgan fingerprint density at radius 1 is 0.381 bits per heavy atom. The molecule has 2 heteroatoms. The molecule has 0 aliphatic heterocycles. The molecule has 0 amide bonds. The Balaban J connectivity index is 1.05. The van der Waals surface area contributed by atoms with Crippen LogP contribution in [-0.2, 0) is 5.41 Å². The van der Waals surface area contributed by atoms with Crippen molar-refractivity contribution in [2.75, 3.05) is 4.90 Å². The van der Waals surface area contributed by atoms with Gasteiger partial charge in [0.1, 0.15) is 0 Å². The Morgan fingerprint density at radius 3 is 1.67 bits per heavy atom. The highest BCUT2D eigenvalue weighted by atomic mass is 32.1. The van der Waals surface area contributed by atoms with Gasteiger partial charge in [-0.15, -0.1) is 11.3 Å². The van der Waals surface area contributed by atoms with E-state index in [1.54, 1.807) is 0 Å². The van der Waals surface area contributed by atoms with E-state index in [1.807, 2.05) is 11.3 Å². The molecule has 1 aromatic heterocycles. The molecule has 1 saturated carbocycles. The molecule has 0 bridgehead atoms. The molecule has 1 nitrogen and oxygen atoms in total. The summed E-state index contributed by atoms with van der Waals surface area (Å²) in [7, 11) is 0. The molecule has 0 N–H and O–H groups in total. The number of thiophene rings is 1. The van der Waals surface area contributed by atoms with Crippen LogP contribution in [0.5, 0.6) is 0 Å². The lowest BCUT2D eigenvalue weighted by Crippen LogP contribution is -2.26. The third-order valence-electron chi connectivity index (χ3n) is 14.5. The Labute approximate surface area is 373 Å². The van der Waals surface area contributed by atoms with E-state index in [4.69, 9.17) is 0 Å². The van der Waals surface area contributed by atoms with Crippen LogP contribution in [0.15, 0.2) is 206 Å². The summed E-state index contributed by atoms with van der Waals surface area (Å²) in [5, 5.41) is 2.61. The Hall–Kier alpha value is -7.00. The standard InChI is InChI=1S/C61H45NS/c1-4-15-40(16-5-1)42-27-30-45(31-28-42)62(46-33-36-58-53(38-46)60-48(23-14-26-59(60)63-58)43-19-8-3-9-20-43)47-32-35-52-50-22-11-13-25-55(50)61(57(52)39-47)54-24-12-10-21-49(54)51-34-29-44(37-56(51)61)41-17-6-2-7-18-41/h1,3-5,8-16,19-39,41H,2,6-7,17-18H2. The number of hydrogen-bond acceptors (Lipinski definition) is 2. The van der Waals surface area contributed by atoms with Crippen molar-refractivity contribution in [1.29, 1.82) is 0 Å². The van der Waals surface area contributed by atoms with Crippen molar-refractivity contribution >= 4 is 48.6 Å². The maximum Gasteiger partial charge on any atom is 0.0726 e. The molecule has 63 heavy (non-hydrogen) atoms. The zero-order valence-corrected chi connectivity index (χ0v) is 35.9. The number of anilines is 3. The quantitative estimate of drug-likeness (QED) is 0.161. The van der Waals surface area contributed by atoms with Crippen molar-refractivity contribution < 1.29 is 0 Å². The molecule has 300 valence electrons. The highest BCUT2D eigenvalue weighted by Gasteiger charge is 2.52. The van der Waals surface area contributed by atoms with Crippen LogP contribution in [0.3, 0.4) is 0 Å². The van der Waals surface area contributed by atoms with E-state index in [1.165, 1.54) is 125 Å². The fourth-order valence-corrected chi connectivity index (χ4v) is 12.8. The van der Waals surface area contributed by atoms with Gasteiger partial charge in [0.05, 0.1) is 5.41 Å². The van der Waals surface area contributed by atoms with E-state index in [9.17, 15) is 0 Å². The van der Waals surface area contributed by atoms with Gasteiger partial charge in [-0.2, -0.15) is 0 Å². The van der Waals surface area contributed by atoms with Crippen molar-refractivity contribution in [2.45, 2.75) is 43.4 Å². The van der Waals surface area contributed by atoms with Crippen LogP contribution < -0.4 is 4.90 Å². The molecule has 0 saturated heterocycles. The van der Waals surface area contributed by atoms with Crippen LogP contribution >= 0.6 is 11.3 Å². The largest absolute Gasteiger partial charge is 0.310 e. The first-order valence-corrected chi connectivity index (χ1v) is 23.5. The second-order valence-electron chi connectivity index (χ2n) is 17.8. The Morgan fingerprint density at radius 2 is 0.937 bits per heavy atom. The van der Waals surface area contributed by atoms with E-state index in [-0.39, 0.29) is 0 Å². The van der Waals surface area contributed by atoms with Gasteiger partial charge in [-0.05, 0) is 140 Å². The molecule has 0 radical (unpaired) electrons. The number of hydrogen-bond donors (Lipinski definition) is 0. The zero-order chi connectivity index (χ0) is 41.5. The van der Waals surface area contributed by atoms with E-state index in [0.717, 1.165) is 17.1 Å². The van der Waals surface area contributed by atoms with Crippen molar-refractivity contribution in [1.82, 2.24) is 0 Å². The van der Waals surface area contributed by atoms with Crippen LogP contribution in [0, 0.1) is 0 Å². The van der Waals surface area contributed by atoms with Crippen molar-refractivity contribution in [3.8, 4) is 44.5 Å². The minimum Gasteiger partial charge on any atom is -0.310 e.